The van der Waals surface area contributed by atoms with E-state index < -0.39 is 0 Å². The molecule has 1 fully saturated rings. The second-order valence-corrected chi connectivity index (χ2v) is 5.46. The quantitative estimate of drug-likeness (QED) is 0.880. The highest BCUT2D eigenvalue weighted by Crippen LogP contribution is 2.24. The Labute approximate surface area is 113 Å². The van der Waals surface area contributed by atoms with Crippen molar-refractivity contribution in [1.29, 1.82) is 0 Å². The van der Waals surface area contributed by atoms with Crippen LogP contribution in [0.5, 0.6) is 0 Å². The first-order valence-corrected chi connectivity index (χ1v) is 7.05. The SMILES string of the molecule is Cn1c(CNCC2CCCC2O)nc2ccccc21. The lowest BCUT2D eigenvalue weighted by Crippen LogP contribution is -2.28. The Hall–Kier alpha value is -1.39. The van der Waals surface area contributed by atoms with Crippen LogP contribution in [-0.4, -0.2) is 27.3 Å². The second kappa shape index (κ2) is 5.31. The van der Waals surface area contributed by atoms with Crippen LogP contribution in [0.2, 0.25) is 0 Å². The fraction of sp³-hybridized carbons (Fsp3) is 0.533. The highest BCUT2D eigenvalue weighted by Gasteiger charge is 2.24. The highest BCUT2D eigenvalue weighted by molar-refractivity contribution is 5.75. The lowest BCUT2D eigenvalue weighted by molar-refractivity contribution is 0.131. The molecular formula is C15H21N3O. The summed E-state index contributed by atoms with van der Waals surface area (Å²) in [6.07, 6.45) is 3.13. The van der Waals surface area contributed by atoms with Gasteiger partial charge in [-0.1, -0.05) is 18.6 Å². The Morgan fingerprint density at radius 1 is 1.37 bits per heavy atom. The van der Waals surface area contributed by atoms with Crippen LogP contribution in [0.1, 0.15) is 25.1 Å². The van der Waals surface area contributed by atoms with Gasteiger partial charge in [-0.2, -0.15) is 0 Å². The number of hydrogen-bond acceptors (Lipinski definition) is 3. The summed E-state index contributed by atoms with van der Waals surface area (Å²) in [6, 6.07) is 8.18. The molecule has 4 heteroatoms. The minimum atomic E-state index is -0.118. The van der Waals surface area contributed by atoms with Gasteiger partial charge in [0, 0.05) is 13.6 Å². The van der Waals surface area contributed by atoms with E-state index >= 15 is 0 Å². The topological polar surface area (TPSA) is 50.1 Å². The maximum atomic E-state index is 9.79. The Morgan fingerprint density at radius 3 is 2.95 bits per heavy atom. The molecular weight excluding hydrogens is 238 g/mol. The Balaban J connectivity index is 1.63. The summed E-state index contributed by atoms with van der Waals surface area (Å²) in [6.45, 7) is 1.64. The molecule has 1 heterocycles. The van der Waals surface area contributed by atoms with E-state index in [0.29, 0.717) is 5.92 Å². The molecule has 1 aromatic carbocycles. The van der Waals surface area contributed by atoms with Gasteiger partial charge in [-0.15, -0.1) is 0 Å². The zero-order valence-corrected chi connectivity index (χ0v) is 11.3. The van der Waals surface area contributed by atoms with E-state index in [1.807, 2.05) is 18.2 Å². The van der Waals surface area contributed by atoms with Crippen molar-refractivity contribution in [3.05, 3.63) is 30.1 Å². The monoisotopic (exact) mass is 259 g/mol. The molecule has 2 atom stereocenters. The molecule has 19 heavy (non-hydrogen) atoms. The van der Waals surface area contributed by atoms with Crippen molar-refractivity contribution < 1.29 is 5.11 Å². The molecule has 0 radical (unpaired) electrons. The van der Waals surface area contributed by atoms with E-state index in [-0.39, 0.29) is 6.10 Å². The number of aliphatic hydroxyl groups excluding tert-OH is 1. The van der Waals surface area contributed by atoms with Gasteiger partial charge in [0.15, 0.2) is 0 Å². The minimum Gasteiger partial charge on any atom is -0.393 e. The molecule has 3 rings (SSSR count). The molecule has 2 unspecified atom stereocenters. The number of rotatable bonds is 4. The maximum absolute atomic E-state index is 9.79. The molecule has 2 aromatic rings. The summed E-state index contributed by atoms with van der Waals surface area (Å²) in [5, 5.41) is 13.2. The zero-order valence-electron chi connectivity index (χ0n) is 11.3. The molecule has 102 valence electrons. The van der Waals surface area contributed by atoms with E-state index in [1.54, 1.807) is 0 Å². The van der Waals surface area contributed by atoms with Crippen LogP contribution in [0.4, 0.5) is 0 Å². The first kappa shape index (κ1) is 12.6. The van der Waals surface area contributed by atoms with Crippen molar-refractivity contribution in [3.8, 4) is 0 Å². The Kier molecular flexibility index (Phi) is 3.53. The number of imidazole rings is 1. The smallest absolute Gasteiger partial charge is 0.123 e. The standard InChI is InChI=1S/C15H21N3O/c1-18-13-7-3-2-6-12(13)17-15(18)10-16-9-11-5-4-8-14(11)19/h2-3,6-7,11,14,16,19H,4-5,8-10H2,1H3. The molecule has 1 saturated carbocycles. The van der Waals surface area contributed by atoms with Gasteiger partial charge in [0.25, 0.3) is 0 Å². The minimum absolute atomic E-state index is 0.118. The second-order valence-electron chi connectivity index (χ2n) is 5.46. The third-order valence-corrected chi connectivity index (χ3v) is 4.19. The summed E-state index contributed by atoms with van der Waals surface area (Å²) >= 11 is 0. The van der Waals surface area contributed by atoms with Gasteiger partial charge in [0.05, 0.1) is 23.7 Å². The van der Waals surface area contributed by atoms with E-state index in [0.717, 1.165) is 43.7 Å². The van der Waals surface area contributed by atoms with Crippen LogP contribution in [0.15, 0.2) is 24.3 Å². The Morgan fingerprint density at radius 2 is 2.21 bits per heavy atom. The average Bonchev–Trinajstić information content (AvgIpc) is 2.96. The van der Waals surface area contributed by atoms with Crippen LogP contribution in [0.3, 0.4) is 0 Å². The van der Waals surface area contributed by atoms with Gasteiger partial charge >= 0.3 is 0 Å². The van der Waals surface area contributed by atoms with E-state index in [9.17, 15) is 5.11 Å². The summed E-state index contributed by atoms with van der Waals surface area (Å²) in [4.78, 5) is 4.63. The fourth-order valence-electron chi connectivity index (χ4n) is 2.98. The zero-order chi connectivity index (χ0) is 13.2. The van der Waals surface area contributed by atoms with Crippen molar-refractivity contribution in [2.75, 3.05) is 6.54 Å². The van der Waals surface area contributed by atoms with Crippen molar-refractivity contribution in [2.45, 2.75) is 31.9 Å². The third-order valence-electron chi connectivity index (χ3n) is 4.19. The number of aromatic nitrogens is 2. The van der Waals surface area contributed by atoms with Crippen LogP contribution < -0.4 is 5.32 Å². The normalized spacial score (nSPS) is 23.3. The van der Waals surface area contributed by atoms with Crippen LogP contribution >= 0.6 is 0 Å². The average molecular weight is 259 g/mol. The van der Waals surface area contributed by atoms with Crippen molar-refractivity contribution in [3.63, 3.8) is 0 Å². The summed E-state index contributed by atoms with van der Waals surface area (Å²) in [7, 11) is 2.05. The number of hydrogen-bond donors (Lipinski definition) is 2. The molecule has 0 bridgehead atoms. The number of para-hydroxylation sites is 2. The van der Waals surface area contributed by atoms with Gasteiger partial charge in [0.1, 0.15) is 5.82 Å². The Bertz CT molecular complexity index is 564. The number of fused-ring (bicyclic) bond motifs is 1. The van der Waals surface area contributed by atoms with Crippen molar-refractivity contribution in [2.24, 2.45) is 13.0 Å². The van der Waals surface area contributed by atoms with E-state index in [4.69, 9.17) is 0 Å². The molecule has 0 saturated heterocycles. The molecule has 1 aliphatic rings. The van der Waals surface area contributed by atoms with Gasteiger partial charge in [-0.05, 0) is 30.9 Å². The largest absolute Gasteiger partial charge is 0.393 e. The lowest BCUT2D eigenvalue weighted by atomic mass is 10.1. The summed E-state index contributed by atoms with van der Waals surface area (Å²) < 4.78 is 2.13. The molecule has 2 N–H and O–H groups in total. The molecule has 0 spiro atoms. The number of nitrogens with one attached hydrogen (secondary N) is 1. The first-order valence-electron chi connectivity index (χ1n) is 7.05. The van der Waals surface area contributed by atoms with Crippen LogP contribution in [0.25, 0.3) is 11.0 Å². The van der Waals surface area contributed by atoms with Gasteiger partial charge in [-0.3, -0.25) is 0 Å². The first-order chi connectivity index (χ1) is 9.25. The highest BCUT2D eigenvalue weighted by atomic mass is 16.3. The molecule has 0 aliphatic heterocycles. The summed E-state index contributed by atoms with van der Waals surface area (Å²) in [5.74, 6) is 1.46. The molecule has 1 aromatic heterocycles. The maximum Gasteiger partial charge on any atom is 0.123 e. The van der Waals surface area contributed by atoms with Crippen molar-refractivity contribution in [1.82, 2.24) is 14.9 Å². The molecule has 1 aliphatic carbocycles. The third kappa shape index (κ3) is 2.51. The number of aryl methyl sites for hydroxylation is 1. The number of nitrogens with zero attached hydrogens (tertiary/aromatic N) is 2. The van der Waals surface area contributed by atoms with E-state index in [1.165, 1.54) is 5.52 Å². The van der Waals surface area contributed by atoms with Crippen molar-refractivity contribution >= 4 is 11.0 Å². The van der Waals surface area contributed by atoms with Crippen LogP contribution in [0, 0.1) is 5.92 Å². The summed E-state index contributed by atoms with van der Waals surface area (Å²) in [5.41, 5.74) is 2.21. The predicted molar refractivity (Wildman–Crippen MR) is 75.8 cm³/mol. The van der Waals surface area contributed by atoms with Gasteiger partial charge in [-0.25, -0.2) is 4.98 Å². The fourth-order valence-corrected chi connectivity index (χ4v) is 2.98. The van der Waals surface area contributed by atoms with Gasteiger partial charge in [0.2, 0.25) is 0 Å². The lowest BCUT2D eigenvalue weighted by Gasteiger charge is -2.14. The number of benzene rings is 1. The molecule has 0 amide bonds. The predicted octanol–water partition coefficient (Wildman–Crippen LogP) is 1.82. The van der Waals surface area contributed by atoms with E-state index in [2.05, 4.69) is 28.0 Å². The molecule has 4 nitrogen and oxygen atoms in total. The van der Waals surface area contributed by atoms with Crippen LogP contribution in [-0.2, 0) is 13.6 Å². The number of aliphatic hydroxyl groups is 1. The van der Waals surface area contributed by atoms with Gasteiger partial charge < -0.3 is 15.0 Å².